The lowest BCUT2D eigenvalue weighted by Gasteiger charge is -2.36. The molecule has 2 heterocycles. The van der Waals surface area contributed by atoms with E-state index in [1.54, 1.807) is 4.90 Å². The molecule has 1 unspecified atom stereocenters. The minimum absolute atomic E-state index is 0.116. The molecule has 1 aliphatic heterocycles. The number of carbonyl (C=O) groups is 2. The van der Waals surface area contributed by atoms with Crippen molar-refractivity contribution in [3.8, 4) is 11.3 Å². The zero-order valence-corrected chi connectivity index (χ0v) is 20.7. The van der Waals surface area contributed by atoms with Crippen molar-refractivity contribution in [2.75, 3.05) is 31.1 Å². The van der Waals surface area contributed by atoms with E-state index in [2.05, 4.69) is 10.2 Å². The molecule has 1 saturated heterocycles. The molecule has 2 amide bonds. The summed E-state index contributed by atoms with van der Waals surface area (Å²) >= 11 is 6.28. The van der Waals surface area contributed by atoms with Crippen LogP contribution in [0.4, 0.5) is 5.95 Å². The van der Waals surface area contributed by atoms with Gasteiger partial charge in [-0.05, 0) is 23.8 Å². The zero-order chi connectivity index (χ0) is 25.1. The summed E-state index contributed by atoms with van der Waals surface area (Å²) in [5, 5.41) is 4.34. The van der Waals surface area contributed by atoms with Crippen LogP contribution in [-0.2, 0) is 9.59 Å². The van der Waals surface area contributed by atoms with Gasteiger partial charge in [0.15, 0.2) is 0 Å². The van der Waals surface area contributed by atoms with E-state index in [0.717, 1.165) is 27.7 Å². The second-order valence-corrected chi connectivity index (χ2v) is 9.19. The van der Waals surface area contributed by atoms with Gasteiger partial charge in [0.25, 0.3) is 0 Å². The lowest BCUT2D eigenvalue weighted by atomic mass is 10.0. The standard InChI is InChI=1S/C28H26ClN5O2/c1-19(35)30-26(21-10-6-3-7-11-21)27(36)33-14-16-34(17-15-33)28-31-24-13-12-22(29)18-23(24)25(32-28)20-8-4-2-5-9-20/h2-13,18,26H,14-17H2,1H3,(H,30,35). The summed E-state index contributed by atoms with van der Waals surface area (Å²) in [4.78, 5) is 38.8. The van der Waals surface area contributed by atoms with Gasteiger partial charge >= 0.3 is 0 Å². The Hall–Kier alpha value is -3.97. The fourth-order valence-corrected chi connectivity index (χ4v) is 4.66. The van der Waals surface area contributed by atoms with Crippen molar-refractivity contribution in [1.29, 1.82) is 0 Å². The van der Waals surface area contributed by atoms with E-state index in [9.17, 15) is 9.59 Å². The molecular formula is C28H26ClN5O2. The van der Waals surface area contributed by atoms with Crippen molar-refractivity contribution in [3.63, 3.8) is 0 Å². The molecule has 3 aromatic carbocycles. The molecule has 0 spiro atoms. The van der Waals surface area contributed by atoms with Crippen LogP contribution in [0.15, 0.2) is 78.9 Å². The Labute approximate surface area is 214 Å². The number of carbonyl (C=O) groups excluding carboxylic acids is 2. The lowest BCUT2D eigenvalue weighted by Crippen LogP contribution is -2.52. The van der Waals surface area contributed by atoms with Crippen LogP contribution in [0.2, 0.25) is 5.02 Å². The smallest absolute Gasteiger partial charge is 0.249 e. The van der Waals surface area contributed by atoms with Crippen molar-refractivity contribution in [2.45, 2.75) is 13.0 Å². The third-order valence-electron chi connectivity index (χ3n) is 6.29. The summed E-state index contributed by atoms with van der Waals surface area (Å²) in [6.07, 6.45) is 0. The SMILES string of the molecule is CC(=O)NC(C(=O)N1CCN(c2nc(-c3ccccc3)c3cc(Cl)ccc3n2)CC1)c1ccccc1. The van der Waals surface area contributed by atoms with Gasteiger partial charge in [0.2, 0.25) is 17.8 Å². The number of nitrogens with one attached hydrogen (secondary N) is 1. The number of fused-ring (bicyclic) bond motifs is 1. The highest BCUT2D eigenvalue weighted by Crippen LogP contribution is 2.30. The number of halogens is 1. The molecule has 7 nitrogen and oxygen atoms in total. The molecule has 5 rings (SSSR count). The molecule has 182 valence electrons. The average molecular weight is 500 g/mol. The zero-order valence-electron chi connectivity index (χ0n) is 19.9. The molecule has 1 aromatic heterocycles. The highest BCUT2D eigenvalue weighted by Gasteiger charge is 2.30. The Morgan fingerprint density at radius 2 is 1.56 bits per heavy atom. The minimum atomic E-state index is -0.707. The number of rotatable bonds is 5. The fourth-order valence-electron chi connectivity index (χ4n) is 4.49. The Balaban J connectivity index is 1.39. The first-order valence-corrected chi connectivity index (χ1v) is 12.3. The van der Waals surface area contributed by atoms with Crippen LogP contribution in [0.25, 0.3) is 22.2 Å². The number of anilines is 1. The first kappa shape index (κ1) is 23.8. The van der Waals surface area contributed by atoms with E-state index in [4.69, 9.17) is 21.6 Å². The van der Waals surface area contributed by atoms with Gasteiger partial charge in [-0.25, -0.2) is 9.97 Å². The van der Waals surface area contributed by atoms with Crippen LogP contribution in [0.3, 0.4) is 0 Å². The molecule has 1 atom stereocenters. The van der Waals surface area contributed by atoms with Crippen LogP contribution in [-0.4, -0.2) is 52.9 Å². The molecule has 1 N–H and O–H groups in total. The maximum atomic E-state index is 13.4. The van der Waals surface area contributed by atoms with Gasteiger partial charge in [-0.1, -0.05) is 72.3 Å². The van der Waals surface area contributed by atoms with Crippen molar-refractivity contribution in [2.24, 2.45) is 0 Å². The first-order chi connectivity index (χ1) is 17.5. The summed E-state index contributed by atoms with van der Waals surface area (Å²) in [5.41, 5.74) is 3.40. The number of hydrogen-bond donors (Lipinski definition) is 1. The highest BCUT2D eigenvalue weighted by molar-refractivity contribution is 6.31. The molecular weight excluding hydrogens is 474 g/mol. The van der Waals surface area contributed by atoms with Gasteiger partial charge in [-0.2, -0.15) is 0 Å². The summed E-state index contributed by atoms with van der Waals surface area (Å²) in [7, 11) is 0. The number of nitrogens with zero attached hydrogens (tertiary/aromatic N) is 4. The number of amides is 2. The monoisotopic (exact) mass is 499 g/mol. The Kier molecular flexibility index (Phi) is 6.82. The molecule has 36 heavy (non-hydrogen) atoms. The van der Waals surface area contributed by atoms with E-state index < -0.39 is 6.04 Å². The van der Waals surface area contributed by atoms with Gasteiger partial charge in [-0.3, -0.25) is 9.59 Å². The van der Waals surface area contributed by atoms with E-state index >= 15 is 0 Å². The number of piperazine rings is 1. The molecule has 8 heteroatoms. The van der Waals surface area contributed by atoms with E-state index in [-0.39, 0.29) is 11.8 Å². The molecule has 0 saturated carbocycles. The Morgan fingerprint density at radius 3 is 2.22 bits per heavy atom. The number of benzene rings is 3. The maximum Gasteiger partial charge on any atom is 0.249 e. The van der Waals surface area contributed by atoms with Gasteiger partial charge < -0.3 is 15.1 Å². The van der Waals surface area contributed by atoms with Gasteiger partial charge in [0, 0.05) is 49.1 Å². The van der Waals surface area contributed by atoms with Crippen LogP contribution in [0, 0.1) is 0 Å². The quantitative estimate of drug-likeness (QED) is 0.438. The predicted molar refractivity (Wildman–Crippen MR) is 142 cm³/mol. The fraction of sp³-hybridized carbons (Fsp3) is 0.214. The lowest BCUT2D eigenvalue weighted by molar-refractivity contribution is -0.136. The Bertz CT molecular complexity index is 1390. The first-order valence-electron chi connectivity index (χ1n) is 11.9. The number of hydrogen-bond acceptors (Lipinski definition) is 5. The minimum Gasteiger partial charge on any atom is -0.341 e. The average Bonchev–Trinajstić information content (AvgIpc) is 2.92. The van der Waals surface area contributed by atoms with Crippen molar-refractivity contribution in [3.05, 3.63) is 89.4 Å². The van der Waals surface area contributed by atoms with Crippen LogP contribution >= 0.6 is 11.6 Å². The molecule has 0 radical (unpaired) electrons. The maximum absolute atomic E-state index is 13.4. The molecule has 0 bridgehead atoms. The van der Waals surface area contributed by atoms with Crippen molar-refractivity contribution < 1.29 is 9.59 Å². The molecule has 4 aromatic rings. The topological polar surface area (TPSA) is 78.4 Å². The van der Waals surface area contributed by atoms with Gasteiger partial charge in [0.05, 0.1) is 11.2 Å². The predicted octanol–water partition coefficient (Wildman–Crippen LogP) is 4.48. The third-order valence-corrected chi connectivity index (χ3v) is 6.53. The van der Waals surface area contributed by atoms with Gasteiger partial charge in [-0.15, -0.1) is 0 Å². The second kappa shape index (κ2) is 10.3. The van der Waals surface area contributed by atoms with Crippen molar-refractivity contribution in [1.82, 2.24) is 20.2 Å². The summed E-state index contributed by atoms with van der Waals surface area (Å²) in [6.45, 7) is 3.60. The number of aromatic nitrogens is 2. The van der Waals surface area contributed by atoms with Crippen LogP contribution < -0.4 is 10.2 Å². The highest BCUT2D eigenvalue weighted by atomic mass is 35.5. The van der Waals surface area contributed by atoms with E-state index in [1.165, 1.54) is 6.92 Å². The van der Waals surface area contributed by atoms with Crippen LogP contribution in [0.1, 0.15) is 18.5 Å². The van der Waals surface area contributed by atoms with Crippen LogP contribution in [0.5, 0.6) is 0 Å². The van der Waals surface area contributed by atoms with Gasteiger partial charge in [0.1, 0.15) is 6.04 Å². The second-order valence-electron chi connectivity index (χ2n) is 8.76. The van der Waals surface area contributed by atoms with E-state index in [0.29, 0.717) is 37.1 Å². The normalized spacial score (nSPS) is 14.5. The summed E-state index contributed by atoms with van der Waals surface area (Å²) in [5.74, 6) is 0.265. The third kappa shape index (κ3) is 5.02. The molecule has 1 aliphatic rings. The molecule has 1 fully saturated rings. The largest absolute Gasteiger partial charge is 0.341 e. The van der Waals surface area contributed by atoms with Crippen molar-refractivity contribution >= 4 is 40.3 Å². The summed E-state index contributed by atoms with van der Waals surface area (Å²) < 4.78 is 0. The molecule has 0 aliphatic carbocycles. The summed E-state index contributed by atoms with van der Waals surface area (Å²) in [6, 6.07) is 24.2. The Morgan fingerprint density at radius 1 is 0.889 bits per heavy atom. The van der Waals surface area contributed by atoms with E-state index in [1.807, 2.05) is 78.9 Å².